The van der Waals surface area contributed by atoms with E-state index in [4.69, 9.17) is 11.6 Å². The first-order valence-electron chi connectivity index (χ1n) is 7.58. The molecule has 130 valence electrons. The Bertz CT molecular complexity index is 898. The van der Waals surface area contributed by atoms with Crippen molar-refractivity contribution in [3.05, 3.63) is 59.6 Å². The van der Waals surface area contributed by atoms with Crippen LogP contribution < -0.4 is 5.32 Å². The molecule has 1 unspecified atom stereocenters. The van der Waals surface area contributed by atoms with Crippen LogP contribution >= 0.6 is 11.6 Å². The summed E-state index contributed by atoms with van der Waals surface area (Å²) in [6, 6.07) is 12.9. The van der Waals surface area contributed by atoms with Crippen LogP contribution in [0, 0.1) is 0 Å². The number of nitrogens with zero attached hydrogens (tertiary/aromatic N) is 1. The minimum Gasteiger partial charge on any atom is -0.324 e. The highest BCUT2D eigenvalue weighted by molar-refractivity contribution is 7.89. The van der Waals surface area contributed by atoms with Crippen molar-refractivity contribution in [2.75, 3.05) is 5.32 Å². The lowest BCUT2D eigenvalue weighted by molar-refractivity contribution is -0.128. The molecule has 0 aliphatic carbocycles. The predicted octanol–water partition coefficient (Wildman–Crippen LogP) is 2.66. The van der Waals surface area contributed by atoms with E-state index >= 15 is 0 Å². The van der Waals surface area contributed by atoms with Crippen molar-refractivity contribution in [3.8, 4) is 0 Å². The standard InChI is InChI=1S/C17H15ClN2O4S/c18-12-6-8-13(9-7-12)19-17(22)15-10-11-16(21)20(15)25(23,24)14-4-2-1-3-5-14/h1-9,15H,10-11H2,(H,19,22). The zero-order chi connectivity index (χ0) is 18.0. The monoisotopic (exact) mass is 378 g/mol. The molecule has 2 aromatic carbocycles. The van der Waals surface area contributed by atoms with Crippen LogP contribution in [-0.2, 0) is 19.6 Å². The SMILES string of the molecule is O=C(Nc1ccc(Cl)cc1)C1CCC(=O)N1S(=O)(=O)c1ccccc1. The van der Waals surface area contributed by atoms with Crippen LogP contribution in [-0.4, -0.2) is 30.6 Å². The van der Waals surface area contributed by atoms with Crippen molar-refractivity contribution in [2.45, 2.75) is 23.8 Å². The maximum atomic E-state index is 12.8. The molecule has 8 heteroatoms. The van der Waals surface area contributed by atoms with E-state index in [2.05, 4.69) is 5.32 Å². The summed E-state index contributed by atoms with van der Waals surface area (Å²) < 4.78 is 26.2. The van der Waals surface area contributed by atoms with E-state index in [-0.39, 0.29) is 17.7 Å². The highest BCUT2D eigenvalue weighted by Gasteiger charge is 2.44. The van der Waals surface area contributed by atoms with E-state index in [1.807, 2.05) is 0 Å². The normalized spacial score (nSPS) is 17.6. The summed E-state index contributed by atoms with van der Waals surface area (Å²) in [5.74, 6) is -1.13. The van der Waals surface area contributed by atoms with Crippen LogP contribution in [0.15, 0.2) is 59.5 Å². The second-order valence-electron chi connectivity index (χ2n) is 5.56. The number of carbonyl (C=O) groups excluding carboxylic acids is 2. The first kappa shape index (κ1) is 17.4. The first-order valence-corrected chi connectivity index (χ1v) is 9.40. The molecule has 0 bridgehead atoms. The van der Waals surface area contributed by atoms with Gasteiger partial charge in [-0.25, -0.2) is 12.7 Å². The average molecular weight is 379 g/mol. The van der Waals surface area contributed by atoms with Gasteiger partial charge in [0.15, 0.2) is 0 Å². The van der Waals surface area contributed by atoms with Crippen LogP contribution in [0.1, 0.15) is 12.8 Å². The molecule has 1 aliphatic heterocycles. The van der Waals surface area contributed by atoms with Gasteiger partial charge in [0.05, 0.1) is 4.90 Å². The Balaban J connectivity index is 1.87. The van der Waals surface area contributed by atoms with Gasteiger partial charge in [0.2, 0.25) is 11.8 Å². The Morgan fingerprint density at radius 1 is 1.08 bits per heavy atom. The number of nitrogens with one attached hydrogen (secondary N) is 1. The van der Waals surface area contributed by atoms with Crippen LogP contribution in [0.25, 0.3) is 0 Å². The largest absolute Gasteiger partial charge is 0.324 e. The summed E-state index contributed by atoms with van der Waals surface area (Å²) in [6.07, 6.45) is 0.148. The van der Waals surface area contributed by atoms with Gasteiger partial charge in [-0.3, -0.25) is 9.59 Å². The van der Waals surface area contributed by atoms with Gasteiger partial charge in [-0.1, -0.05) is 29.8 Å². The Hall–Kier alpha value is -2.38. The number of halogens is 1. The summed E-state index contributed by atoms with van der Waals surface area (Å²) in [7, 11) is -4.08. The van der Waals surface area contributed by atoms with E-state index in [0.29, 0.717) is 15.0 Å². The van der Waals surface area contributed by atoms with Gasteiger partial charge >= 0.3 is 0 Å². The molecule has 3 rings (SSSR count). The molecule has 1 N–H and O–H groups in total. The Kier molecular flexibility index (Phi) is 4.78. The van der Waals surface area contributed by atoms with E-state index < -0.39 is 27.9 Å². The minimum atomic E-state index is -4.08. The van der Waals surface area contributed by atoms with Gasteiger partial charge in [0, 0.05) is 17.1 Å². The average Bonchev–Trinajstić information content (AvgIpc) is 3.00. The summed E-state index contributed by atoms with van der Waals surface area (Å²) in [5.41, 5.74) is 0.478. The topological polar surface area (TPSA) is 83.6 Å². The summed E-state index contributed by atoms with van der Waals surface area (Å²) in [5, 5.41) is 3.15. The lowest BCUT2D eigenvalue weighted by Crippen LogP contribution is -2.45. The van der Waals surface area contributed by atoms with Crippen LogP contribution in [0.3, 0.4) is 0 Å². The van der Waals surface area contributed by atoms with Gasteiger partial charge in [-0.2, -0.15) is 0 Å². The van der Waals surface area contributed by atoms with Gasteiger partial charge in [-0.15, -0.1) is 0 Å². The lowest BCUT2D eigenvalue weighted by atomic mass is 10.2. The fourth-order valence-corrected chi connectivity index (χ4v) is 4.42. The third kappa shape index (κ3) is 3.52. The summed E-state index contributed by atoms with van der Waals surface area (Å²) >= 11 is 5.80. The molecule has 1 atom stereocenters. The summed E-state index contributed by atoms with van der Waals surface area (Å²) in [4.78, 5) is 24.7. The minimum absolute atomic E-state index is 0.00473. The summed E-state index contributed by atoms with van der Waals surface area (Å²) in [6.45, 7) is 0. The number of rotatable bonds is 4. The number of amides is 2. The molecule has 1 aliphatic rings. The number of sulfonamides is 1. The van der Waals surface area contributed by atoms with E-state index in [9.17, 15) is 18.0 Å². The molecule has 1 fully saturated rings. The maximum absolute atomic E-state index is 12.8. The van der Waals surface area contributed by atoms with E-state index in [0.717, 1.165) is 0 Å². The Morgan fingerprint density at radius 2 is 1.72 bits per heavy atom. The van der Waals surface area contributed by atoms with Gasteiger partial charge in [0.1, 0.15) is 6.04 Å². The van der Waals surface area contributed by atoms with Gasteiger partial charge in [-0.05, 0) is 42.8 Å². The third-order valence-corrected chi connectivity index (χ3v) is 5.97. The van der Waals surface area contributed by atoms with E-state index in [1.54, 1.807) is 42.5 Å². The molecule has 0 saturated carbocycles. The second-order valence-corrected chi connectivity index (χ2v) is 7.81. The fraction of sp³-hybridized carbons (Fsp3) is 0.176. The highest BCUT2D eigenvalue weighted by atomic mass is 35.5. The molecule has 2 aromatic rings. The molecule has 1 heterocycles. The molecule has 0 aromatic heterocycles. The molecular weight excluding hydrogens is 364 g/mol. The number of anilines is 1. The van der Waals surface area contributed by atoms with Gasteiger partial charge in [0.25, 0.3) is 10.0 Å². The lowest BCUT2D eigenvalue weighted by Gasteiger charge is -2.23. The second kappa shape index (κ2) is 6.85. The number of hydrogen-bond donors (Lipinski definition) is 1. The quantitative estimate of drug-likeness (QED) is 0.886. The predicted molar refractivity (Wildman–Crippen MR) is 93.6 cm³/mol. The fourth-order valence-electron chi connectivity index (χ4n) is 2.67. The molecular formula is C17H15ClN2O4S. The Morgan fingerprint density at radius 3 is 2.36 bits per heavy atom. The van der Waals surface area contributed by atoms with Crippen molar-refractivity contribution >= 4 is 39.1 Å². The van der Waals surface area contributed by atoms with Crippen molar-refractivity contribution in [1.29, 1.82) is 0 Å². The zero-order valence-corrected chi connectivity index (χ0v) is 14.6. The molecule has 25 heavy (non-hydrogen) atoms. The van der Waals surface area contributed by atoms with Crippen LogP contribution in [0.2, 0.25) is 5.02 Å². The molecule has 6 nitrogen and oxygen atoms in total. The molecule has 0 radical (unpaired) electrons. The number of hydrogen-bond acceptors (Lipinski definition) is 4. The van der Waals surface area contributed by atoms with Crippen LogP contribution in [0.5, 0.6) is 0 Å². The number of benzene rings is 2. The van der Waals surface area contributed by atoms with Gasteiger partial charge < -0.3 is 5.32 Å². The zero-order valence-electron chi connectivity index (χ0n) is 13.1. The molecule has 2 amide bonds. The maximum Gasteiger partial charge on any atom is 0.267 e. The van der Waals surface area contributed by atoms with Crippen molar-refractivity contribution in [3.63, 3.8) is 0 Å². The number of carbonyl (C=O) groups is 2. The van der Waals surface area contributed by atoms with Crippen molar-refractivity contribution < 1.29 is 18.0 Å². The van der Waals surface area contributed by atoms with Crippen molar-refractivity contribution in [1.82, 2.24) is 4.31 Å². The van der Waals surface area contributed by atoms with Crippen LogP contribution in [0.4, 0.5) is 5.69 Å². The van der Waals surface area contributed by atoms with Crippen molar-refractivity contribution in [2.24, 2.45) is 0 Å². The highest BCUT2D eigenvalue weighted by Crippen LogP contribution is 2.28. The molecule has 0 spiro atoms. The third-order valence-electron chi connectivity index (χ3n) is 3.87. The Labute approximate surface area is 150 Å². The smallest absolute Gasteiger partial charge is 0.267 e. The molecule has 1 saturated heterocycles. The van der Waals surface area contributed by atoms with E-state index in [1.165, 1.54) is 12.1 Å². The first-order chi connectivity index (χ1) is 11.9.